The minimum absolute atomic E-state index is 0.0755. The zero-order chi connectivity index (χ0) is 21.1. The molecule has 1 aromatic carbocycles. The number of anilines is 1. The van der Waals surface area contributed by atoms with Crippen LogP contribution >= 0.6 is 0 Å². The van der Waals surface area contributed by atoms with Gasteiger partial charge in [0.05, 0.1) is 17.5 Å². The van der Waals surface area contributed by atoms with E-state index in [2.05, 4.69) is 15.4 Å². The molecule has 3 amide bonds. The van der Waals surface area contributed by atoms with Crippen molar-refractivity contribution in [2.24, 2.45) is 0 Å². The number of pyridine rings is 1. The van der Waals surface area contributed by atoms with Gasteiger partial charge in [0, 0.05) is 38.1 Å². The number of amides is 3. The van der Waals surface area contributed by atoms with Gasteiger partial charge in [-0.3, -0.25) is 4.79 Å². The van der Waals surface area contributed by atoms with Gasteiger partial charge in [0.15, 0.2) is 5.82 Å². The lowest BCUT2D eigenvalue weighted by Gasteiger charge is -2.34. The predicted octanol–water partition coefficient (Wildman–Crippen LogP) is 2.87. The molecule has 3 heterocycles. The summed E-state index contributed by atoms with van der Waals surface area (Å²) in [7, 11) is 0. The van der Waals surface area contributed by atoms with Crippen LogP contribution < -0.4 is 5.32 Å². The topological polar surface area (TPSA) is 83.4 Å². The van der Waals surface area contributed by atoms with Crippen LogP contribution in [-0.4, -0.2) is 62.7 Å². The Morgan fingerprint density at radius 1 is 0.967 bits per heavy atom. The standard InChI is InChI=1S/C22H24N6O2/c1-16-6-5-7-18(14-16)25-22(30)27-12-10-26(11-13-27)21(29)19-15-24-28(17(19)2)20-8-3-4-9-23-20/h3-9,14-15H,10-13H2,1-2H3,(H,25,30). The van der Waals surface area contributed by atoms with E-state index in [-0.39, 0.29) is 11.9 Å². The lowest BCUT2D eigenvalue weighted by Crippen LogP contribution is -2.51. The number of aromatic nitrogens is 3. The third-order valence-electron chi connectivity index (χ3n) is 5.23. The predicted molar refractivity (Wildman–Crippen MR) is 114 cm³/mol. The Morgan fingerprint density at radius 3 is 2.43 bits per heavy atom. The van der Waals surface area contributed by atoms with Gasteiger partial charge in [-0.15, -0.1) is 0 Å². The Balaban J connectivity index is 1.38. The Morgan fingerprint density at radius 2 is 1.73 bits per heavy atom. The van der Waals surface area contributed by atoms with Crippen molar-refractivity contribution >= 4 is 17.6 Å². The molecule has 0 aliphatic carbocycles. The van der Waals surface area contributed by atoms with Crippen molar-refractivity contribution in [2.75, 3.05) is 31.5 Å². The highest BCUT2D eigenvalue weighted by Gasteiger charge is 2.27. The van der Waals surface area contributed by atoms with Crippen molar-refractivity contribution in [2.45, 2.75) is 13.8 Å². The second-order valence-electron chi connectivity index (χ2n) is 7.32. The Labute approximate surface area is 175 Å². The van der Waals surface area contributed by atoms with E-state index in [0.717, 1.165) is 16.9 Å². The summed E-state index contributed by atoms with van der Waals surface area (Å²) in [5.41, 5.74) is 3.16. The fourth-order valence-corrected chi connectivity index (χ4v) is 3.54. The second-order valence-corrected chi connectivity index (χ2v) is 7.32. The molecule has 1 N–H and O–H groups in total. The number of carbonyl (C=O) groups excluding carboxylic acids is 2. The molecule has 1 aliphatic heterocycles. The molecular formula is C22H24N6O2. The van der Waals surface area contributed by atoms with Crippen molar-refractivity contribution in [3.8, 4) is 5.82 Å². The van der Waals surface area contributed by atoms with E-state index in [1.807, 2.05) is 56.3 Å². The number of hydrogen-bond acceptors (Lipinski definition) is 4. The van der Waals surface area contributed by atoms with Crippen molar-refractivity contribution in [1.82, 2.24) is 24.6 Å². The summed E-state index contributed by atoms with van der Waals surface area (Å²) < 4.78 is 1.67. The molecule has 8 nitrogen and oxygen atoms in total. The van der Waals surface area contributed by atoms with Gasteiger partial charge in [0.2, 0.25) is 0 Å². The zero-order valence-electron chi connectivity index (χ0n) is 17.1. The number of carbonyl (C=O) groups is 2. The molecule has 0 saturated carbocycles. The van der Waals surface area contributed by atoms with Gasteiger partial charge in [0.1, 0.15) is 0 Å². The molecule has 3 aromatic rings. The van der Waals surface area contributed by atoms with E-state index >= 15 is 0 Å². The van der Waals surface area contributed by atoms with Crippen molar-refractivity contribution in [3.63, 3.8) is 0 Å². The number of nitrogens with zero attached hydrogens (tertiary/aromatic N) is 5. The molecule has 0 bridgehead atoms. The molecule has 1 fully saturated rings. The fraction of sp³-hybridized carbons (Fsp3) is 0.273. The Bertz CT molecular complexity index is 1050. The molecule has 0 spiro atoms. The molecule has 1 saturated heterocycles. The maximum absolute atomic E-state index is 13.0. The summed E-state index contributed by atoms with van der Waals surface area (Å²) in [6.07, 6.45) is 3.28. The first-order valence-corrected chi connectivity index (χ1v) is 9.91. The first-order valence-electron chi connectivity index (χ1n) is 9.91. The molecule has 4 rings (SSSR count). The third-order valence-corrected chi connectivity index (χ3v) is 5.23. The summed E-state index contributed by atoms with van der Waals surface area (Å²) in [5, 5.41) is 7.25. The molecular weight excluding hydrogens is 380 g/mol. The number of piperazine rings is 1. The average molecular weight is 404 g/mol. The third kappa shape index (κ3) is 4.03. The van der Waals surface area contributed by atoms with Crippen molar-refractivity contribution in [3.05, 3.63) is 71.7 Å². The summed E-state index contributed by atoms with van der Waals surface area (Å²) in [4.78, 5) is 33.3. The van der Waals surface area contributed by atoms with Gasteiger partial charge in [-0.2, -0.15) is 5.10 Å². The number of rotatable bonds is 3. The Hall–Kier alpha value is -3.68. The van der Waals surface area contributed by atoms with E-state index in [0.29, 0.717) is 37.6 Å². The minimum Gasteiger partial charge on any atom is -0.335 e. The highest BCUT2D eigenvalue weighted by atomic mass is 16.2. The molecule has 30 heavy (non-hydrogen) atoms. The van der Waals surface area contributed by atoms with E-state index in [1.54, 1.807) is 26.9 Å². The molecule has 8 heteroatoms. The van der Waals surface area contributed by atoms with E-state index < -0.39 is 0 Å². The van der Waals surface area contributed by atoms with E-state index in [4.69, 9.17) is 0 Å². The second kappa shape index (κ2) is 8.36. The van der Waals surface area contributed by atoms with Crippen LogP contribution in [-0.2, 0) is 0 Å². The number of nitrogens with one attached hydrogen (secondary N) is 1. The summed E-state index contributed by atoms with van der Waals surface area (Å²) in [6, 6.07) is 13.1. The number of hydrogen-bond donors (Lipinski definition) is 1. The monoisotopic (exact) mass is 404 g/mol. The molecule has 2 aromatic heterocycles. The maximum Gasteiger partial charge on any atom is 0.321 e. The fourth-order valence-electron chi connectivity index (χ4n) is 3.54. The normalized spacial score (nSPS) is 13.9. The van der Waals surface area contributed by atoms with Crippen LogP contribution in [0.3, 0.4) is 0 Å². The molecule has 0 unspecified atom stereocenters. The van der Waals surface area contributed by atoms with Crippen LogP contribution in [0, 0.1) is 13.8 Å². The molecule has 154 valence electrons. The van der Waals surface area contributed by atoms with E-state index in [1.165, 1.54) is 0 Å². The Kier molecular flexibility index (Phi) is 5.47. The van der Waals surface area contributed by atoms with Crippen LogP contribution in [0.15, 0.2) is 54.9 Å². The summed E-state index contributed by atoms with van der Waals surface area (Å²) in [5.74, 6) is 0.597. The number of urea groups is 1. The summed E-state index contributed by atoms with van der Waals surface area (Å²) in [6.45, 7) is 5.77. The lowest BCUT2D eigenvalue weighted by atomic mass is 10.2. The largest absolute Gasteiger partial charge is 0.335 e. The van der Waals surface area contributed by atoms with E-state index in [9.17, 15) is 9.59 Å². The van der Waals surface area contributed by atoms with Crippen LogP contribution in [0.1, 0.15) is 21.6 Å². The van der Waals surface area contributed by atoms with Gasteiger partial charge in [-0.1, -0.05) is 18.2 Å². The molecule has 0 atom stereocenters. The summed E-state index contributed by atoms with van der Waals surface area (Å²) >= 11 is 0. The van der Waals surface area contributed by atoms with Crippen LogP contribution in [0.25, 0.3) is 5.82 Å². The maximum atomic E-state index is 13.0. The molecule has 0 radical (unpaired) electrons. The van der Waals surface area contributed by atoms with Gasteiger partial charge in [0.25, 0.3) is 5.91 Å². The quantitative estimate of drug-likeness (QED) is 0.728. The van der Waals surface area contributed by atoms with Gasteiger partial charge < -0.3 is 15.1 Å². The zero-order valence-corrected chi connectivity index (χ0v) is 17.1. The number of aryl methyl sites for hydroxylation is 1. The SMILES string of the molecule is Cc1cccc(NC(=O)N2CCN(C(=O)c3cnn(-c4ccccn4)c3C)CC2)c1. The van der Waals surface area contributed by atoms with Crippen molar-refractivity contribution < 1.29 is 9.59 Å². The van der Waals surface area contributed by atoms with Crippen LogP contribution in [0.4, 0.5) is 10.5 Å². The van der Waals surface area contributed by atoms with Crippen LogP contribution in [0.2, 0.25) is 0 Å². The smallest absolute Gasteiger partial charge is 0.321 e. The minimum atomic E-state index is -0.146. The highest BCUT2D eigenvalue weighted by molar-refractivity contribution is 5.95. The van der Waals surface area contributed by atoms with Crippen molar-refractivity contribution in [1.29, 1.82) is 0 Å². The van der Waals surface area contributed by atoms with Gasteiger partial charge >= 0.3 is 6.03 Å². The van der Waals surface area contributed by atoms with Gasteiger partial charge in [-0.05, 0) is 43.7 Å². The lowest BCUT2D eigenvalue weighted by molar-refractivity contribution is 0.0671. The van der Waals surface area contributed by atoms with Crippen LogP contribution in [0.5, 0.6) is 0 Å². The average Bonchev–Trinajstić information content (AvgIpc) is 3.15. The number of benzene rings is 1. The molecule has 1 aliphatic rings. The highest BCUT2D eigenvalue weighted by Crippen LogP contribution is 2.16. The first kappa shape index (κ1) is 19.6. The first-order chi connectivity index (χ1) is 14.5. The van der Waals surface area contributed by atoms with Gasteiger partial charge in [-0.25, -0.2) is 14.5 Å².